The zero-order valence-corrected chi connectivity index (χ0v) is 14.7. The molecule has 0 fully saturated rings. The second kappa shape index (κ2) is 6.81. The minimum Gasteiger partial charge on any atom is -0.378 e. The van der Waals surface area contributed by atoms with Crippen molar-refractivity contribution in [1.82, 2.24) is 19.6 Å². The van der Waals surface area contributed by atoms with Crippen LogP contribution in [0.1, 0.15) is 18.2 Å². The molecule has 138 valence electrons. The van der Waals surface area contributed by atoms with Gasteiger partial charge in [-0.3, -0.25) is 0 Å². The topological polar surface area (TPSA) is 49.6 Å². The largest absolute Gasteiger partial charge is 0.433 e. The Kier molecular flexibility index (Phi) is 4.71. The normalized spacial score (nSPS) is 11.8. The van der Waals surface area contributed by atoms with Gasteiger partial charge in [-0.15, -0.1) is 0 Å². The Morgan fingerprint density at radius 1 is 1.12 bits per heavy atom. The van der Waals surface area contributed by atoms with E-state index in [1.165, 1.54) is 10.8 Å². The Bertz CT molecular complexity index is 886. The van der Waals surface area contributed by atoms with E-state index in [2.05, 4.69) is 15.1 Å². The molecule has 1 aromatic carbocycles. The number of alkyl halides is 3. The van der Waals surface area contributed by atoms with Crippen LogP contribution in [0.4, 0.5) is 24.7 Å². The van der Waals surface area contributed by atoms with Crippen LogP contribution in [0.2, 0.25) is 0 Å². The highest BCUT2D eigenvalue weighted by molar-refractivity contribution is 5.50. The first kappa shape index (κ1) is 18.0. The molecule has 0 atom stereocenters. The second-order valence-electron chi connectivity index (χ2n) is 6.04. The molecule has 3 rings (SSSR count). The predicted molar refractivity (Wildman–Crippen MR) is 93.3 cm³/mol. The maximum Gasteiger partial charge on any atom is 0.433 e. The minimum absolute atomic E-state index is 0.0729. The molecule has 2 aromatic heterocycles. The van der Waals surface area contributed by atoms with Gasteiger partial charge in [0.05, 0.1) is 0 Å². The van der Waals surface area contributed by atoms with Crippen molar-refractivity contribution >= 4 is 17.3 Å². The number of hydrogen-bond acceptors (Lipinski definition) is 5. The summed E-state index contributed by atoms with van der Waals surface area (Å²) in [4.78, 5) is 11.2. The molecule has 26 heavy (non-hydrogen) atoms. The predicted octanol–water partition coefficient (Wildman–Crippen LogP) is 3.24. The van der Waals surface area contributed by atoms with Gasteiger partial charge < -0.3 is 9.80 Å². The van der Waals surface area contributed by atoms with E-state index >= 15 is 0 Å². The lowest BCUT2D eigenvalue weighted by molar-refractivity contribution is -0.141. The Morgan fingerprint density at radius 3 is 2.38 bits per heavy atom. The number of fused-ring (bicyclic) bond motifs is 1. The molecule has 9 heteroatoms. The van der Waals surface area contributed by atoms with E-state index in [0.29, 0.717) is 18.9 Å². The first-order valence-corrected chi connectivity index (χ1v) is 8.08. The summed E-state index contributed by atoms with van der Waals surface area (Å²) in [5.74, 6) is 0.232. The van der Waals surface area contributed by atoms with Crippen LogP contribution >= 0.6 is 0 Å². The molecule has 0 N–H and O–H groups in total. The number of benzene rings is 1. The maximum absolute atomic E-state index is 13.2. The smallest absolute Gasteiger partial charge is 0.378 e. The lowest BCUT2D eigenvalue weighted by atomic mass is 10.2. The van der Waals surface area contributed by atoms with Crippen LogP contribution in [0.5, 0.6) is 0 Å². The highest BCUT2D eigenvalue weighted by atomic mass is 19.4. The van der Waals surface area contributed by atoms with Gasteiger partial charge in [0.15, 0.2) is 5.69 Å². The average Bonchev–Trinajstić information content (AvgIpc) is 3.07. The number of nitrogens with zero attached hydrogens (tertiary/aromatic N) is 6. The van der Waals surface area contributed by atoms with Crippen molar-refractivity contribution in [3.05, 3.63) is 47.9 Å². The molecule has 0 amide bonds. The van der Waals surface area contributed by atoms with Crippen LogP contribution in [0.3, 0.4) is 0 Å². The van der Waals surface area contributed by atoms with Gasteiger partial charge in [0, 0.05) is 38.9 Å². The maximum atomic E-state index is 13.2. The number of anilines is 2. The fourth-order valence-corrected chi connectivity index (χ4v) is 2.64. The van der Waals surface area contributed by atoms with Gasteiger partial charge in [-0.1, -0.05) is 12.1 Å². The summed E-state index contributed by atoms with van der Waals surface area (Å²) in [5.41, 5.74) is 1.06. The minimum atomic E-state index is -4.55. The van der Waals surface area contributed by atoms with Crippen LogP contribution < -0.4 is 9.80 Å². The molecular formula is C17H19F3N6. The Hall–Kier alpha value is -2.84. The second-order valence-corrected chi connectivity index (χ2v) is 6.04. The fraction of sp³-hybridized carbons (Fsp3) is 0.353. The summed E-state index contributed by atoms with van der Waals surface area (Å²) in [7, 11) is 3.90. The van der Waals surface area contributed by atoms with Crippen molar-refractivity contribution < 1.29 is 13.2 Å². The van der Waals surface area contributed by atoms with Gasteiger partial charge in [-0.25, -0.2) is 4.98 Å². The van der Waals surface area contributed by atoms with Gasteiger partial charge in [-0.2, -0.15) is 27.8 Å². The van der Waals surface area contributed by atoms with E-state index in [9.17, 15) is 13.2 Å². The molecule has 0 aliphatic carbocycles. The Balaban J connectivity index is 1.98. The zero-order valence-electron chi connectivity index (χ0n) is 14.7. The van der Waals surface area contributed by atoms with Crippen LogP contribution in [0, 0.1) is 0 Å². The van der Waals surface area contributed by atoms with E-state index in [-0.39, 0.29) is 5.78 Å². The first-order valence-electron chi connectivity index (χ1n) is 8.08. The van der Waals surface area contributed by atoms with Crippen molar-refractivity contribution in [3.8, 4) is 0 Å². The summed E-state index contributed by atoms with van der Waals surface area (Å²) in [6.45, 7) is 2.83. The van der Waals surface area contributed by atoms with Gasteiger partial charge >= 0.3 is 6.18 Å². The molecule has 3 aromatic rings. The molecular weight excluding hydrogens is 345 g/mol. The van der Waals surface area contributed by atoms with Gasteiger partial charge in [0.2, 0.25) is 0 Å². The molecule has 0 bridgehead atoms. The lowest BCUT2D eigenvalue weighted by Gasteiger charge is -2.24. The van der Waals surface area contributed by atoms with Crippen LogP contribution in [0.15, 0.2) is 36.7 Å². The van der Waals surface area contributed by atoms with E-state index in [1.54, 1.807) is 0 Å². The molecule has 0 aliphatic rings. The quantitative estimate of drug-likeness (QED) is 0.696. The van der Waals surface area contributed by atoms with Gasteiger partial charge in [0.1, 0.15) is 12.1 Å². The van der Waals surface area contributed by atoms with Crippen molar-refractivity contribution in [2.24, 2.45) is 0 Å². The van der Waals surface area contributed by atoms with Crippen molar-refractivity contribution in [2.75, 3.05) is 30.4 Å². The monoisotopic (exact) mass is 364 g/mol. The number of halogens is 3. The first-order chi connectivity index (χ1) is 12.3. The number of rotatable bonds is 5. The van der Waals surface area contributed by atoms with Crippen molar-refractivity contribution in [1.29, 1.82) is 0 Å². The Morgan fingerprint density at radius 2 is 1.81 bits per heavy atom. The van der Waals surface area contributed by atoms with Crippen LogP contribution in [0.25, 0.3) is 5.78 Å². The summed E-state index contributed by atoms with van der Waals surface area (Å²) < 4.78 is 40.8. The summed E-state index contributed by atoms with van der Waals surface area (Å²) in [6.07, 6.45) is -3.35. The zero-order chi connectivity index (χ0) is 18.9. The van der Waals surface area contributed by atoms with Crippen molar-refractivity contribution in [3.63, 3.8) is 0 Å². The average molecular weight is 364 g/mol. The van der Waals surface area contributed by atoms with E-state index in [1.807, 2.05) is 55.1 Å². The van der Waals surface area contributed by atoms with Gasteiger partial charge in [0.25, 0.3) is 5.78 Å². The molecule has 0 spiro atoms. The summed E-state index contributed by atoms with van der Waals surface area (Å²) in [6, 6.07) is 8.88. The molecule has 0 aliphatic heterocycles. The molecule has 2 heterocycles. The van der Waals surface area contributed by atoms with E-state index in [4.69, 9.17) is 0 Å². The summed E-state index contributed by atoms with van der Waals surface area (Å²) >= 11 is 0. The third-order valence-electron chi connectivity index (χ3n) is 4.06. The van der Waals surface area contributed by atoms with E-state index in [0.717, 1.165) is 17.3 Å². The summed E-state index contributed by atoms with van der Waals surface area (Å²) in [5, 5.41) is 4.02. The molecule has 0 saturated carbocycles. The molecule has 6 nitrogen and oxygen atoms in total. The van der Waals surface area contributed by atoms with Crippen molar-refractivity contribution in [2.45, 2.75) is 19.6 Å². The molecule has 0 radical (unpaired) electrons. The standard InChI is InChI=1S/C17H19F3N6/c1-4-25(10-12-5-7-13(8-6-12)24(2)3)15-9-14(17(18,19)20)23-16-21-11-22-26(15)16/h5-9,11H,4,10H2,1-3H3. The third kappa shape index (κ3) is 3.56. The third-order valence-corrected chi connectivity index (χ3v) is 4.06. The lowest BCUT2D eigenvalue weighted by Crippen LogP contribution is -2.26. The fourth-order valence-electron chi connectivity index (χ4n) is 2.64. The van der Waals surface area contributed by atoms with Crippen LogP contribution in [-0.4, -0.2) is 40.2 Å². The van der Waals surface area contributed by atoms with Crippen LogP contribution in [-0.2, 0) is 12.7 Å². The molecule has 0 unspecified atom stereocenters. The SMILES string of the molecule is CCN(Cc1ccc(N(C)C)cc1)c1cc(C(F)(F)F)nc2ncnn12. The molecule has 0 saturated heterocycles. The Labute approximate surface area is 148 Å². The number of hydrogen-bond donors (Lipinski definition) is 0. The van der Waals surface area contributed by atoms with E-state index < -0.39 is 11.9 Å². The highest BCUT2D eigenvalue weighted by Crippen LogP contribution is 2.31. The number of aromatic nitrogens is 4. The van der Waals surface area contributed by atoms with Gasteiger partial charge in [-0.05, 0) is 24.6 Å². The highest BCUT2D eigenvalue weighted by Gasteiger charge is 2.34.